The number of nitrogens with zero attached hydrogens (tertiary/aromatic N) is 2. The fourth-order valence-electron chi connectivity index (χ4n) is 3.49. The molecule has 0 atom stereocenters. The van der Waals surface area contributed by atoms with E-state index < -0.39 is 10.0 Å². The normalized spacial score (nSPS) is 15.8. The van der Waals surface area contributed by atoms with Crippen LogP contribution in [0.4, 0.5) is 0 Å². The summed E-state index contributed by atoms with van der Waals surface area (Å²) in [5.74, 6) is 1.51. The Labute approximate surface area is 177 Å². The van der Waals surface area contributed by atoms with Crippen LogP contribution >= 0.6 is 0 Å². The smallest absolute Gasteiger partial charge is 0.224 e. The summed E-state index contributed by atoms with van der Waals surface area (Å²) in [6.07, 6.45) is 1.55. The summed E-state index contributed by atoms with van der Waals surface area (Å²) >= 11 is 0. The zero-order chi connectivity index (χ0) is 21.7. The standard InChI is InChI=1S/C21H29N3O5S/c1-4-30(26,27)24-11-9-18(10-12-24)22-21(25)13-17-5-7-19(8-6-17)28-14-20-15(2)23-29-16(20)3/h5-8,18H,4,9-14H2,1-3H3,(H,22,25). The monoisotopic (exact) mass is 435 g/mol. The Morgan fingerprint density at radius 1 is 1.23 bits per heavy atom. The molecule has 30 heavy (non-hydrogen) atoms. The highest BCUT2D eigenvalue weighted by Gasteiger charge is 2.27. The lowest BCUT2D eigenvalue weighted by atomic mass is 10.1. The third-order valence-electron chi connectivity index (χ3n) is 5.43. The molecule has 2 heterocycles. The molecule has 1 aliphatic heterocycles. The summed E-state index contributed by atoms with van der Waals surface area (Å²) < 4.78 is 36.3. The molecule has 164 valence electrons. The van der Waals surface area contributed by atoms with Gasteiger partial charge in [0.25, 0.3) is 0 Å². The molecular weight excluding hydrogens is 406 g/mol. The molecule has 1 aromatic heterocycles. The highest BCUT2D eigenvalue weighted by molar-refractivity contribution is 7.89. The van der Waals surface area contributed by atoms with E-state index in [1.807, 2.05) is 38.1 Å². The van der Waals surface area contributed by atoms with Gasteiger partial charge >= 0.3 is 0 Å². The lowest BCUT2D eigenvalue weighted by Gasteiger charge is -2.31. The van der Waals surface area contributed by atoms with Gasteiger partial charge in [-0.25, -0.2) is 12.7 Å². The molecule has 0 bridgehead atoms. The number of ether oxygens (including phenoxy) is 1. The van der Waals surface area contributed by atoms with Crippen LogP contribution < -0.4 is 10.1 Å². The average molecular weight is 436 g/mol. The van der Waals surface area contributed by atoms with Gasteiger partial charge in [0, 0.05) is 19.1 Å². The molecule has 1 aliphatic rings. The Balaban J connectivity index is 1.45. The fraction of sp³-hybridized carbons (Fsp3) is 0.524. The number of amides is 1. The van der Waals surface area contributed by atoms with Crippen molar-refractivity contribution >= 4 is 15.9 Å². The molecule has 0 radical (unpaired) electrons. The van der Waals surface area contributed by atoms with Gasteiger partial charge in [-0.2, -0.15) is 0 Å². The van der Waals surface area contributed by atoms with E-state index in [2.05, 4.69) is 10.5 Å². The number of nitrogens with one attached hydrogen (secondary N) is 1. The van der Waals surface area contributed by atoms with E-state index in [-0.39, 0.29) is 24.1 Å². The Morgan fingerprint density at radius 2 is 1.90 bits per heavy atom. The van der Waals surface area contributed by atoms with Gasteiger partial charge in [-0.1, -0.05) is 17.3 Å². The van der Waals surface area contributed by atoms with Crippen molar-refractivity contribution in [2.75, 3.05) is 18.8 Å². The van der Waals surface area contributed by atoms with Crippen LogP contribution in [0.15, 0.2) is 28.8 Å². The third-order valence-corrected chi connectivity index (χ3v) is 7.31. The zero-order valence-corrected chi connectivity index (χ0v) is 18.5. The summed E-state index contributed by atoms with van der Waals surface area (Å²) in [6.45, 7) is 6.68. The van der Waals surface area contributed by atoms with Crippen molar-refractivity contribution in [2.45, 2.75) is 52.7 Å². The van der Waals surface area contributed by atoms with Crippen LogP contribution in [0.3, 0.4) is 0 Å². The van der Waals surface area contributed by atoms with E-state index in [1.165, 1.54) is 4.31 Å². The molecule has 0 spiro atoms. The molecule has 0 aliphatic carbocycles. The summed E-state index contributed by atoms with van der Waals surface area (Å²) in [5, 5.41) is 6.93. The molecule has 1 fully saturated rings. The summed E-state index contributed by atoms with van der Waals surface area (Å²) in [6, 6.07) is 7.44. The average Bonchev–Trinajstić information content (AvgIpc) is 3.05. The number of aryl methyl sites for hydroxylation is 2. The number of piperidine rings is 1. The fourth-order valence-corrected chi connectivity index (χ4v) is 4.62. The number of rotatable bonds is 8. The first-order valence-electron chi connectivity index (χ1n) is 10.2. The molecule has 2 aromatic rings. The van der Waals surface area contributed by atoms with Crippen molar-refractivity contribution in [3.05, 3.63) is 46.8 Å². The minimum absolute atomic E-state index is 0.0125. The van der Waals surface area contributed by atoms with Crippen molar-refractivity contribution in [3.8, 4) is 5.75 Å². The van der Waals surface area contributed by atoms with Gasteiger partial charge in [-0.05, 0) is 51.3 Å². The molecule has 8 nitrogen and oxygen atoms in total. The number of sulfonamides is 1. The minimum Gasteiger partial charge on any atom is -0.489 e. The molecule has 0 unspecified atom stereocenters. The number of hydrogen-bond acceptors (Lipinski definition) is 6. The van der Waals surface area contributed by atoms with E-state index in [0.29, 0.717) is 38.3 Å². The molecule has 1 N–H and O–H groups in total. The van der Waals surface area contributed by atoms with Crippen molar-refractivity contribution in [1.29, 1.82) is 0 Å². The summed E-state index contributed by atoms with van der Waals surface area (Å²) in [5.41, 5.74) is 2.65. The summed E-state index contributed by atoms with van der Waals surface area (Å²) in [4.78, 5) is 12.4. The first-order valence-corrected chi connectivity index (χ1v) is 11.8. The first-order chi connectivity index (χ1) is 14.3. The van der Waals surface area contributed by atoms with Gasteiger partial charge in [-0.15, -0.1) is 0 Å². The topological polar surface area (TPSA) is 102 Å². The molecule has 3 rings (SSSR count). The highest BCUT2D eigenvalue weighted by atomic mass is 32.2. The van der Waals surface area contributed by atoms with Gasteiger partial charge in [0.2, 0.25) is 15.9 Å². The van der Waals surface area contributed by atoms with Crippen LogP contribution in [0.1, 0.15) is 42.3 Å². The number of benzene rings is 1. The maximum Gasteiger partial charge on any atom is 0.224 e. The van der Waals surface area contributed by atoms with Crippen LogP contribution in [0, 0.1) is 13.8 Å². The largest absolute Gasteiger partial charge is 0.489 e. The second-order valence-corrected chi connectivity index (χ2v) is 9.81. The van der Waals surface area contributed by atoms with Gasteiger partial charge in [-0.3, -0.25) is 4.79 Å². The Kier molecular flexibility index (Phi) is 7.14. The van der Waals surface area contributed by atoms with Gasteiger partial charge in [0.1, 0.15) is 18.1 Å². The van der Waals surface area contributed by atoms with E-state index in [4.69, 9.17) is 9.26 Å². The van der Waals surface area contributed by atoms with Crippen molar-refractivity contribution in [2.24, 2.45) is 0 Å². The van der Waals surface area contributed by atoms with Crippen LogP contribution in [-0.4, -0.2) is 48.7 Å². The quantitative estimate of drug-likeness (QED) is 0.683. The number of hydrogen-bond donors (Lipinski definition) is 1. The van der Waals surface area contributed by atoms with E-state index in [1.54, 1.807) is 6.92 Å². The predicted molar refractivity (Wildman–Crippen MR) is 113 cm³/mol. The maximum absolute atomic E-state index is 12.4. The van der Waals surface area contributed by atoms with Crippen molar-refractivity contribution in [1.82, 2.24) is 14.8 Å². The minimum atomic E-state index is -3.15. The van der Waals surface area contributed by atoms with Crippen LogP contribution in [-0.2, 0) is 27.8 Å². The van der Waals surface area contributed by atoms with E-state index >= 15 is 0 Å². The lowest BCUT2D eigenvalue weighted by molar-refractivity contribution is -0.121. The maximum atomic E-state index is 12.4. The number of aromatic nitrogens is 1. The second kappa shape index (κ2) is 9.61. The molecule has 1 aromatic carbocycles. The van der Waals surface area contributed by atoms with Gasteiger partial charge < -0.3 is 14.6 Å². The molecule has 1 saturated heterocycles. The highest BCUT2D eigenvalue weighted by Crippen LogP contribution is 2.19. The predicted octanol–water partition coefficient (Wildman–Crippen LogP) is 2.34. The van der Waals surface area contributed by atoms with Gasteiger partial charge in [0.05, 0.1) is 23.4 Å². The number of carbonyl (C=O) groups excluding carboxylic acids is 1. The Bertz CT molecular complexity index is 942. The second-order valence-electron chi connectivity index (χ2n) is 7.55. The Morgan fingerprint density at radius 3 is 2.47 bits per heavy atom. The van der Waals surface area contributed by atoms with Gasteiger partial charge in [0.15, 0.2) is 0 Å². The molecule has 9 heteroatoms. The van der Waals surface area contributed by atoms with Crippen molar-refractivity contribution in [3.63, 3.8) is 0 Å². The van der Waals surface area contributed by atoms with Crippen LogP contribution in [0.2, 0.25) is 0 Å². The molecule has 0 saturated carbocycles. The SMILES string of the molecule is CCS(=O)(=O)N1CCC(NC(=O)Cc2ccc(OCc3c(C)noc3C)cc2)CC1. The zero-order valence-electron chi connectivity index (χ0n) is 17.7. The third kappa shape index (κ3) is 5.60. The first kappa shape index (κ1) is 22.3. The van der Waals surface area contributed by atoms with E-state index in [0.717, 1.165) is 22.6 Å². The van der Waals surface area contributed by atoms with Crippen molar-refractivity contribution < 1.29 is 22.5 Å². The molecular formula is C21H29N3O5S. The lowest BCUT2D eigenvalue weighted by Crippen LogP contribution is -2.47. The van der Waals surface area contributed by atoms with E-state index in [9.17, 15) is 13.2 Å². The number of carbonyl (C=O) groups is 1. The Hall–Kier alpha value is -2.39. The summed E-state index contributed by atoms with van der Waals surface area (Å²) in [7, 11) is -3.15. The van der Waals surface area contributed by atoms with Crippen LogP contribution in [0.5, 0.6) is 5.75 Å². The van der Waals surface area contributed by atoms with Crippen LogP contribution in [0.25, 0.3) is 0 Å². The molecule has 1 amide bonds.